The molecule has 1 rings (SSSR count). The molecule has 0 saturated heterocycles. The lowest BCUT2D eigenvalue weighted by atomic mass is 10.1. The molecule has 0 spiro atoms. The third-order valence-electron chi connectivity index (χ3n) is 1.94. The maximum Gasteiger partial charge on any atom is 0.267 e. The molecular formula is C11H13F2NO. The molecule has 0 aliphatic rings. The van der Waals surface area contributed by atoms with Crippen molar-refractivity contribution in [2.45, 2.75) is 6.43 Å². The van der Waals surface area contributed by atoms with Gasteiger partial charge in [0.05, 0.1) is 12.7 Å². The van der Waals surface area contributed by atoms with Gasteiger partial charge in [-0.15, -0.1) is 0 Å². The van der Waals surface area contributed by atoms with Crippen LogP contribution >= 0.6 is 0 Å². The summed E-state index contributed by atoms with van der Waals surface area (Å²) in [7, 11) is 1.37. The van der Waals surface area contributed by atoms with Crippen molar-refractivity contribution in [1.82, 2.24) is 0 Å². The highest BCUT2D eigenvalue weighted by molar-refractivity contribution is 5.53. The molecular weight excluding hydrogens is 200 g/mol. The number of hydrogen-bond donors (Lipinski definition) is 1. The molecule has 1 aromatic carbocycles. The fraction of sp³-hybridized carbons (Fsp3) is 0.273. The van der Waals surface area contributed by atoms with E-state index >= 15 is 0 Å². The number of rotatable bonds is 4. The van der Waals surface area contributed by atoms with Gasteiger partial charge in [0, 0.05) is 6.54 Å². The minimum Gasteiger partial charge on any atom is -0.496 e. The number of benzene rings is 1. The van der Waals surface area contributed by atoms with E-state index in [1.54, 1.807) is 18.2 Å². The Labute approximate surface area is 87.4 Å². The molecule has 0 unspecified atom stereocenters. The number of methoxy groups -OCH3 is 1. The van der Waals surface area contributed by atoms with Gasteiger partial charge in [0.15, 0.2) is 0 Å². The van der Waals surface area contributed by atoms with Crippen LogP contribution in [-0.2, 0) is 0 Å². The van der Waals surface area contributed by atoms with E-state index in [1.807, 2.05) is 0 Å². The first-order chi connectivity index (χ1) is 7.19. The average Bonchev–Trinajstić information content (AvgIpc) is 2.25. The molecule has 4 heteroatoms. The first-order valence-electron chi connectivity index (χ1n) is 4.51. The van der Waals surface area contributed by atoms with Gasteiger partial charge in [-0.05, 0) is 17.7 Å². The predicted molar refractivity (Wildman–Crippen MR) is 56.0 cm³/mol. The second kappa shape index (κ2) is 5.46. The number of hydrogen-bond acceptors (Lipinski definition) is 2. The number of nitrogens with two attached hydrogens (primary N) is 1. The highest BCUT2D eigenvalue weighted by Crippen LogP contribution is 2.29. The zero-order valence-corrected chi connectivity index (χ0v) is 8.41. The molecule has 0 aromatic heterocycles. The van der Waals surface area contributed by atoms with Crippen LogP contribution in [0.2, 0.25) is 0 Å². The van der Waals surface area contributed by atoms with Crippen molar-refractivity contribution in [2.24, 2.45) is 5.73 Å². The van der Waals surface area contributed by atoms with Crippen LogP contribution in [0.25, 0.3) is 6.08 Å². The van der Waals surface area contributed by atoms with Crippen molar-refractivity contribution in [2.75, 3.05) is 13.7 Å². The van der Waals surface area contributed by atoms with E-state index < -0.39 is 6.43 Å². The van der Waals surface area contributed by atoms with E-state index in [4.69, 9.17) is 10.5 Å². The van der Waals surface area contributed by atoms with Crippen LogP contribution in [0.4, 0.5) is 8.78 Å². The van der Waals surface area contributed by atoms with Crippen molar-refractivity contribution in [3.63, 3.8) is 0 Å². The molecule has 2 nitrogen and oxygen atoms in total. The second-order valence-electron chi connectivity index (χ2n) is 2.94. The second-order valence-corrected chi connectivity index (χ2v) is 2.94. The fourth-order valence-corrected chi connectivity index (χ4v) is 1.23. The van der Waals surface area contributed by atoms with E-state index in [1.165, 1.54) is 19.2 Å². The van der Waals surface area contributed by atoms with E-state index in [-0.39, 0.29) is 11.3 Å². The molecule has 0 fully saturated rings. The summed E-state index contributed by atoms with van der Waals surface area (Å²) < 4.78 is 30.0. The number of ether oxygens (including phenoxy) is 1. The van der Waals surface area contributed by atoms with Gasteiger partial charge in [0.25, 0.3) is 6.43 Å². The van der Waals surface area contributed by atoms with Crippen LogP contribution in [0.15, 0.2) is 24.3 Å². The number of alkyl halides is 2. The van der Waals surface area contributed by atoms with Crippen LogP contribution in [-0.4, -0.2) is 13.7 Å². The first-order valence-corrected chi connectivity index (χ1v) is 4.51. The SMILES string of the molecule is COc1ccc(/C=C/CN)cc1C(F)F. The molecule has 2 N–H and O–H groups in total. The van der Waals surface area contributed by atoms with E-state index in [9.17, 15) is 8.78 Å². The van der Waals surface area contributed by atoms with Gasteiger partial charge in [0.1, 0.15) is 5.75 Å². The average molecular weight is 213 g/mol. The lowest BCUT2D eigenvalue weighted by molar-refractivity contribution is 0.147. The summed E-state index contributed by atoms with van der Waals surface area (Å²) in [5, 5.41) is 0. The summed E-state index contributed by atoms with van der Waals surface area (Å²) in [6.45, 7) is 0.385. The lowest BCUT2D eigenvalue weighted by Crippen LogP contribution is -1.94. The van der Waals surface area contributed by atoms with Crippen molar-refractivity contribution < 1.29 is 13.5 Å². The Kier molecular flexibility index (Phi) is 4.24. The Morgan fingerprint density at radius 1 is 1.47 bits per heavy atom. The Bertz CT molecular complexity index is 350. The standard InChI is InChI=1S/C11H13F2NO/c1-15-10-5-4-8(3-2-6-14)7-9(10)11(12)13/h2-5,7,11H,6,14H2,1H3/b3-2+. The van der Waals surface area contributed by atoms with Crippen molar-refractivity contribution in [3.05, 3.63) is 35.4 Å². The zero-order chi connectivity index (χ0) is 11.3. The zero-order valence-electron chi connectivity index (χ0n) is 8.41. The molecule has 0 aliphatic heterocycles. The van der Waals surface area contributed by atoms with Crippen LogP contribution < -0.4 is 10.5 Å². The molecule has 0 atom stereocenters. The van der Waals surface area contributed by atoms with E-state index in [0.717, 1.165) is 0 Å². The third-order valence-corrected chi connectivity index (χ3v) is 1.94. The summed E-state index contributed by atoms with van der Waals surface area (Å²) >= 11 is 0. The topological polar surface area (TPSA) is 35.2 Å². The Balaban J connectivity index is 3.04. The Hall–Kier alpha value is -1.42. The molecule has 0 bridgehead atoms. The normalized spacial score (nSPS) is 11.3. The molecule has 82 valence electrons. The van der Waals surface area contributed by atoms with Gasteiger partial charge in [-0.2, -0.15) is 0 Å². The predicted octanol–water partition coefficient (Wildman–Crippen LogP) is 2.60. The van der Waals surface area contributed by atoms with Gasteiger partial charge in [-0.3, -0.25) is 0 Å². The lowest BCUT2D eigenvalue weighted by Gasteiger charge is -2.08. The maximum atomic E-state index is 12.6. The molecule has 0 aliphatic carbocycles. The van der Waals surface area contributed by atoms with E-state index in [0.29, 0.717) is 12.1 Å². The van der Waals surface area contributed by atoms with Gasteiger partial charge < -0.3 is 10.5 Å². The molecule has 0 amide bonds. The Morgan fingerprint density at radius 2 is 2.20 bits per heavy atom. The van der Waals surface area contributed by atoms with Gasteiger partial charge in [0.2, 0.25) is 0 Å². The molecule has 0 radical (unpaired) electrons. The van der Waals surface area contributed by atoms with Crippen LogP contribution in [0.3, 0.4) is 0 Å². The van der Waals surface area contributed by atoms with Crippen molar-refractivity contribution >= 4 is 6.08 Å². The third kappa shape index (κ3) is 3.02. The van der Waals surface area contributed by atoms with Crippen molar-refractivity contribution in [1.29, 1.82) is 0 Å². The molecule has 15 heavy (non-hydrogen) atoms. The Morgan fingerprint density at radius 3 is 2.73 bits per heavy atom. The van der Waals surface area contributed by atoms with Crippen LogP contribution in [0.1, 0.15) is 17.6 Å². The van der Waals surface area contributed by atoms with Crippen molar-refractivity contribution in [3.8, 4) is 5.75 Å². The monoisotopic (exact) mass is 213 g/mol. The highest BCUT2D eigenvalue weighted by atomic mass is 19.3. The van der Waals surface area contributed by atoms with Gasteiger partial charge >= 0.3 is 0 Å². The van der Waals surface area contributed by atoms with Gasteiger partial charge in [-0.25, -0.2) is 8.78 Å². The maximum absolute atomic E-state index is 12.6. The molecule has 1 aromatic rings. The molecule has 0 saturated carbocycles. The van der Waals surface area contributed by atoms with E-state index in [2.05, 4.69) is 0 Å². The summed E-state index contributed by atoms with van der Waals surface area (Å²) in [6.07, 6.45) is 0.869. The molecule has 0 heterocycles. The first kappa shape index (κ1) is 11.7. The largest absolute Gasteiger partial charge is 0.496 e. The number of halogens is 2. The minimum atomic E-state index is -2.54. The van der Waals surface area contributed by atoms with Crippen LogP contribution in [0, 0.1) is 0 Å². The summed E-state index contributed by atoms with van der Waals surface area (Å²) in [6, 6.07) is 4.63. The van der Waals surface area contributed by atoms with Gasteiger partial charge in [-0.1, -0.05) is 18.2 Å². The fourth-order valence-electron chi connectivity index (χ4n) is 1.23. The smallest absolute Gasteiger partial charge is 0.267 e. The van der Waals surface area contributed by atoms with Crippen LogP contribution in [0.5, 0.6) is 5.75 Å². The minimum absolute atomic E-state index is 0.100. The highest BCUT2D eigenvalue weighted by Gasteiger charge is 2.13. The quantitative estimate of drug-likeness (QED) is 0.834. The summed E-state index contributed by atoms with van der Waals surface area (Å²) in [4.78, 5) is 0. The summed E-state index contributed by atoms with van der Waals surface area (Å²) in [5.41, 5.74) is 5.86. The summed E-state index contributed by atoms with van der Waals surface area (Å²) in [5.74, 6) is 0.204.